The van der Waals surface area contributed by atoms with Crippen LogP contribution in [-0.2, 0) is 14.3 Å². The summed E-state index contributed by atoms with van der Waals surface area (Å²) in [4.78, 5) is 30.7. The lowest BCUT2D eigenvalue weighted by molar-refractivity contribution is -0.137. The Bertz CT molecular complexity index is 978. The summed E-state index contributed by atoms with van der Waals surface area (Å²) < 4.78 is 15.9. The van der Waals surface area contributed by atoms with Gasteiger partial charge in [-0.2, -0.15) is 0 Å². The highest BCUT2D eigenvalue weighted by atomic mass is 16.5. The number of carboxylic acids is 1. The van der Waals surface area contributed by atoms with E-state index in [1.165, 1.54) is 13.3 Å². The van der Waals surface area contributed by atoms with Crippen molar-refractivity contribution in [3.8, 4) is 5.88 Å². The van der Waals surface area contributed by atoms with Gasteiger partial charge in [-0.05, 0) is 43.5 Å². The first kappa shape index (κ1) is 26.2. The molecule has 1 fully saturated rings. The molecule has 190 valence electrons. The van der Waals surface area contributed by atoms with Gasteiger partial charge in [-0.3, -0.25) is 4.79 Å². The van der Waals surface area contributed by atoms with Crippen molar-refractivity contribution in [1.82, 2.24) is 4.98 Å². The van der Waals surface area contributed by atoms with Gasteiger partial charge < -0.3 is 34.9 Å². The molecule has 1 aromatic heterocycles. The average Bonchev–Trinajstić information content (AvgIpc) is 2.86. The number of nitrogens with zero attached hydrogens (tertiary/aromatic N) is 2. The molecule has 0 aliphatic carbocycles. The molecule has 0 bridgehead atoms. The number of carboxylic acid groups (broad SMARTS) is 1. The van der Waals surface area contributed by atoms with Crippen LogP contribution in [0.1, 0.15) is 37.7 Å². The van der Waals surface area contributed by atoms with Crippen LogP contribution in [0.5, 0.6) is 5.88 Å². The lowest BCUT2D eigenvalue weighted by Crippen LogP contribution is -2.40. The molecule has 0 saturated carbocycles. The highest BCUT2D eigenvalue weighted by molar-refractivity contribution is 6.02. The summed E-state index contributed by atoms with van der Waals surface area (Å²) in [6.07, 6.45) is 3.22. The third kappa shape index (κ3) is 7.30. The van der Waals surface area contributed by atoms with Crippen LogP contribution in [0.15, 0.2) is 36.5 Å². The second-order valence-corrected chi connectivity index (χ2v) is 8.32. The van der Waals surface area contributed by atoms with Gasteiger partial charge in [0.15, 0.2) is 0 Å². The second-order valence-electron chi connectivity index (χ2n) is 8.32. The van der Waals surface area contributed by atoms with Crippen LogP contribution in [0.4, 0.5) is 21.9 Å². The Kier molecular flexibility index (Phi) is 9.68. The van der Waals surface area contributed by atoms with Crippen LogP contribution >= 0.6 is 0 Å². The first-order valence-corrected chi connectivity index (χ1v) is 11.7. The monoisotopic (exact) mass is 486 g/mol. The lowest BCUT2D eigenvalue weighted by atomic mass is 9.95. The molecule has 35 heavy (non-hydrogen) atoms. The van der Waals surface area contributed by atoms with E-state index in [1.807, 2.05) is 18.2 Å². The van der Waals surface area contributed by atoms with Crippen molar-refractivity contribution in [3.05, 3.63) is 42.1 Å². The molecule has 10 heteroatoms. The number of nitrogens with one attached hydrogen (secondary N) is 2. The SMILES string of the molecule is CCN(c1ccc([C@@H](COC)CC(=O)O)cc1NC(=O)Nc1ccc(OC)nc1)C1CCOCC1. The smallest absolute Gasteiger partial charge is 0.323 e. The molecular weight excluding hydrogens is 452 g/mol. The van der Waals surface area contributed by atoms with Crippen molar-refractivity contribution < 1.29 is 28.9 Å². The summed E-state index contributed by atoms with van der Waals surface area (Å²) in [7, 11) is 3.07. The van der Waals surface area contributed by atoms with Crippen LogP contribution < -0.4 is 20.3 Å². The van der Waals surface area contributed by atoms with Gasteiger partial charge >= 0.3 is 12.0 Å². The van der Waals surface area contributed by atoms with E-state index in [9.17, 15) is 14.7 Å². The summed E-state index contributed by atoms with van der Waals surface area (Å²) in [5, 5.41) is 15.1. The van der Waals surface area contributed by atoms with E-state index in [-0.39, 0.29) is 25.0 Å². The van der Waals surface area contributed by atoms with E-state index in [1.54, 1.807) is 19.2 Å². The van der Waals surface area contributed by atoms with Gasteiger partial charge in [-0.25, -0.2) is 9.78 Å². The highest BCUT2D eigenvalue weighted by Gasteiger charge is 2.25. The van der Waals surface area contributed by atoms with E-state index in [2.05, 4.69) is 27.4 Å². The minimum atomic E-state index is -0.909. The largest absolute Gasteiger partial charge is 0.481 e. The number of aromatic nitrogens is 1. The molecule has 0 spiro atoms. The molecule has 0 unspecified atom stereocenters. The maximum atomic E-state index is 12.9. The zero-order valence-corrected chi connectivity index (χ0v) is 20.5. The molecule has 2 heterocycles. The number of benzene rings is 1. The second kappa shape index (κ2) is 12.9. The summed E-state index contributed by atoms with van der Waals surface area (Å²) in [6.45, 7) is 4.48. The number of amides is 2. The maximum Gasteiger partial charge on any atom is 0.323 e. The molecule has 1 saturated heterocycles. The maximum absolute atomic E-state index is 12.9. The van der Waals surface area contributed by atoms with Crippen LogP contribution in [0, 0.1) is 0 Å². The quantitative estimate of drug-likeness (QED) is 0.437. The lowest BCUT2D eigenvalue weighted by Gasteiger charge is -2.36. The van der Waals surface area contributed by atoms with Crippen molar-refractivity contribution in [2.45, 2.75) is 38.1 Å². The molecular formula is C25H34N4O6. The van der Waals surface area contributed by atoms with Gasteiger partial charge in [-0.1, -0.05) is 6.07 Å². The predicted molar refractivity (Wildman–Crippen MR) is 134 cm³/mol. The zero-order chi connectivity index (χ0) is 25.2. The van der Waals surface area contributed by atoms with Crippen LogP contribution in [0.25, 0.3) is 0 Å². The number of hydrogen-bond acceptors (Lipinski definition) is 7. The summed E-state index contributed by atoms with van der Waals surface area (Å²) >= 11 is 0. The molecule has 1 aromatic carbocycles. The number of methoxy groups -OCH3 is 2. The number of carbonyl (C=O) groups excluding carboxylic acids is 1. The third-order valence-electron chi connectivity index (χ3n) is 6.01. The van der Waals surface area contributed by atoms with Gasteiger partial charge in [0.2, 0.25) is 5.88 Å². The third-order valence-corrected chi connectivity index (χ3v) is 6.01. The van der Waals surface area contributed by atoms with Crippen LogP contribution in [0.2, 0.25) is 0 Å². The number of ether oxygens (including phenoxy) is 3. The Morgan fingerprint density at radius 2 is 1.97 bits per heavy atom. The Morgan fingerprint density at radius 3 is 2.57 bits per heavy atom. The number of anilines is 3. The standard InChI is InChI=1S/C25H34N4O6/c1-4-29(20-9-11-35-12-10-20)22-7-5-17(18(16-33-2)14-24(30)31)13-21(22)28-25(32)27-19-6-8-23(34-3)26-15-19/h5-8,13,15,18,20H,4,9-12,14,16H2,1-3H3,(H,30,31)(H2,27,28,32)/t18-/m1/s1. The topological polar surface area (TPSA) is 122 Å². The Hall–Kier alpha value is -3.37. The van der Waals surface area contributed by atoms with E-state index < -0.39 is 12.0 Å². The molecule has 1 aliphatic rings. The van der Waals surface area contributed by atoms with Gasteiger partial charge in [-0.15, -0.1) is 0 Å². The summed E-state index contributed by atoms with van der Waals surface area (Å²) in [5.41, 5.74) is 2.77. The Balaban J connectivity index is 1.90. The number of aliphatic carboxylic acids is 1. The molecule has 2 aromatic rings. The van der Waals surface area contributed by atoms with E-state index in [4.69, 9.17) is 14.2 Å². The van der Waals surface area contributed by atoms with Gasteiger partial charge in [0, 0.05) is 44.9 Å². The first-order valence-electron chi connectivity index (χ1n) is 11.7. The summed E-state index contributed by atoms with van der Waals surface area (Å²) in [5.74, 6) is -0.810. The molecule has 3 rings (SSSR count). The number of carbonyl (C=O) groups is 2. The van der Waals surface area contributed by atoms with E-state index in [0.717, 1.165) is 30.6 Å². The van der Waals surface area contributed by atoms with E-state index in [0.29, 0.717) is 30.5 Å². The molecule has 1 aliphatic heterocycles. The van der Waals surface area contributed by atoms with Crippen molar-refractivity contribution in [2.24, 2.45) is 0 Å². The minimum Gasteiger partial charge on any atom is -0.481 e. The summed E-state index contributed by atoms with van der Waals surface area (Å²) in [6, 6.07) is 8.92. The first-order chi connectivity index (χ1) is 16.9. The average molecular weight is 487 g/mol. The minimum absolute atomic E-state index is 0.0756. The molecule has 0 radical (unpaired) electrons. The Morgan fingerprint density at radius 1 is 1.20 bits per heavy atom. The van der Waals surface area contributed by atoms with Gasteiger partial charge in [0.05, 0.1) is 43.4 Å². The van der Waals surface area contributed by atoms with Crippen molar-refractivity contribution in [2.75, 3.05) is 56.1 Å². The normalized spacial score (nSPS) is 14.7. The highest BCUT2D eigenvalue weighted by Crippen LogP contribution is 2.34. The fourth-order valence-corrected chi connectivity index (χ4v) is 4.32. The molecule has 1 atom stereocenters. The Labute approximate surface area is 205 Å². The van der Waals surface area contributed by atoms with E-state index >= 15 is 0 Å². The predicted octanol–water partition coefficient (Wildman–Crippen LogP) is 3.94. The van der Waals surface area contributed by atoms with Crippen molar-refractivity contribution in [3.63, 3.8) is 0 Å². The number of pyridine rings is 1. The number of hydrogen-bond donors (Lipinski definition) is 3. The van der Waals surface area contributed by atoms with Crippen LogP contribution in [-0.4, -0.2) is 68.7 Å². The number of rotatable bonds is 11. The molecule has 3 N–H and O–H groups in total. The van der Waals surface area contributed by atoms with Gasteiger partial charge in [0.25, 0.3) is 0 Å². The number of urea groups is 1. The molecule has 10 nitrogen and oxygen atoms in total. The van der Waals surface area contributed by atoms with Crippen molar-refractivity contribution in [1.29, 1.82) is 0 Å². The van der Waals surface area contributed by atoms with Crippen LogP contribution in [0.3, 0.4) is 0 Å². The van der Waals surface area contributed by atoms with Crippen molar-refractivity contribution >= 4 is 29.1 Å². The molecule has 2 amide bonds. The fourth-order valence-electron chi connectivity index (χ4n) is 4.32. The fraction of sp³-hybridized carbons (Fsp3) is 0.480. The van der Waals surface area contributed by atoms with Gasteiger partial charge in [0.1, 0.15) is 0 Å². The zero-order valence-electron chi connectivity index (χ0n) is 20.5.